The first kappa shape index (κ1) is 16.4. The second-order valence-corrected chi connectivity index (χ2v) is 6.31. The van der Waals surface area contributed by atoms with E-state index in [0.29, 0.717) is 24.4 Å². The monoisotopic (exact) mass is 269 g/mol. The summed E-state index contributed by atoms with van der Waals surface area (Å²) in [6, 6.07) is 0.281. The molecule has 4 nitrogen and oxygen atoms in total. The number of nitrogens with two attached hydrogens (primary N) is 1. The molecule has 0 aromatic heterocycles. The summed E-state index contributed by atoms with van der Waals surface area (Å²) in [5, 5.41) is 3.05. The quantitative estimate of drug-likeness (QED) is 0.770. The lowest BCUT2D eigenvalue weighted by atomic mass is 9.89. The van der Waals surface area contributed by atoms with Crippen molar-refractivity contribution in [2.45, 2.75) is 59.0 Å². The number of nitrogens with zero attached hydrogens (tertiary/aromatic N) is 1. The van der Waals surface area contributed by atoms with E-state index in [-0.39, 0.29) is 11.9 Å². The summed E-state index contributed by atoms with van der Waals surface area (Å²) in [5.41, 5.74) is 5.89. The normalized spacial score (nSPS) is 26.4. The number of carbonyl (C=O) groups is 1. The van der Waals surface area contributed by atoms with Crippen molar-refractivity contribution in [2.75, 3.05) is 19.6 Å². The predicted octanol–water partition coefficient (Wildman–Crippen LogP) is 1.60. The molecule has 1 aliphatic rings. The van der Waals surface area contributed by atoms with Gasteiger partial charge < -0.3 is 11.1 Å². The lowest BCUT2D eigenvalue weighted by Crippen LogP contribution is -2.56. The van der Waals surface area contributed by atoms with Crippen LogP contribution in [-0.2, 0) is 4.79 Å². The Morgan fingerprint density at radius 1 is 1.42 bits per heavy atom. The van der Waals surface area contributed by atoms with E-state index >= 15 is 0 Å². The summed E-state index contributed by atoms with van der Waals surface area (Å²) in [5.74, 6) is 1.36. The Labute approximate surface area is 118 Å². The summed E-state index contributed by atoms with van der Waals surface area (Å²) >= 11 is 0. The molecule has 1 saturated heterocycles. The largest absolute Gasteiger partial charge is 0.355 e. The fraction of sp³-hybridized carbons (Fsp3) is 0.933. The zero-order chi connectivity index (χ0) is 14.4. The van der Waals surface area contributed by atoms with Crippen molar-refractivity contribution in [1.82, 2.24) is 10.2 Å². The molecule has 1 fully saturated rings. The van der Waals surface area contributed by atoms with E-state index in [1.165, 1.54) is 12.8 Å². The van der Waals surface area contributed by atoms with Crippen LogP contribution in [0.4, 0.5) is 0 Å². The van der Waals surface area contributed by atoms with E-state index in [4.69, 9.17) is 5.73 Å². The van der Waals surface area contributed by atoms with Crippen molar-refractivity contribution < 1.29 is 4.79 Å². The smallest absolute Gasteiger partial charge is 0.237 e. The highest BCUT2D eigenvalue weighted by Gasteiger charge is 2.33. The Balaban J connectivity index is 2.49. The molecule has 0 aromatic carbocycles. The second-order valence-electron chi connectivity index (χ2n) is 6.31. The lowest BCUT2D eigenvalue weighted by molar-refractivity contribution is -0.127. The van der Waals surface area contributed by atoms with Crippen LogP contribution in [0.2, 0.25) is 0 Å². The van der Waals surface area contributed by atoms with Crippen LogP contribution in [0.25, 0.3) is 0 Å². The highest BCUT2D eigenvalue weighted by molar-refractivity contribution is 5.81. The Bertz CT molecular complexity index is 281. The van der Waals surface area contributed by atoms with Gasteiger partial charge in [-0.2, -0.15) is 0 Å². The van der Waals surface area contributed by atoms with Gasteiger partial charge in [0.15, 0.2) is 0 Å². The van der Waals surface area contributed by atoms with Crippen LogP contribution in [-0.4, -0.2) is 42.5 Å². The molecule has 3 unspecified atom stereocenters. The van der Waals surface area contributed by atoms with E-state index < -0.39 is 0 Å². The molecule has 4 heteroatoms. The first-order valence-corrected chi connectivity index (χ1v) is 7.70. The number of nitrogens with one attached hydrogen (secondary N) is 1. The first-order chi connectivity index (χ1) is 8.97. The van der Waals surface area contributed by atoms with Gasteiger partial charge in [-0.05, 0) is 44.6 Å². The van der Waals surface area contributed by atoms with Crippen molar-refractivity contribution in [3.63, 3.8) is 0 Å². The molecule has 0 radical (unpaired) electrons. The van der Waals surface area contributed by atoms with Gasteiger partial charge in [0.05, 0.1) is 6.04 Å². The maximum atomic E-state index is 12.2. The van der Waals surface area contributed by atoms with Crippen molar-refractivity contribution in [3.8, 4) is 0 Å². The summed E-state index contributed by atoms with van der Waals surface area (Å²) in [7, 11) is 0. The number of hydrogen-bond donors (Lipinski definition) is 2. The summed E-state index contributed by atoms with van der Waals surface area (Å²) in [4.78, 5) is 14.5. The number of amides is 1. The van der Waals surface area contributed by atoms with Gasteiger partial charge in [0.25, 0.3) is 0 Å². The molecule has 0 aliphatic carbocycles. The molecule has 3 atom stereocenters. The van der Waals surface area contributed by atoms with Crippen LogP contribution >= 0.6 is 0 Å². The standard InChI is InChI=1S/C15H31N3O/c1-11(2)7-8-17-15(19)13(4)18-9-5-6-12(3)14(18)10-16/h11-14H,5-10,16H2,1-4H3,(H,17,19). The van der Waals surface area contributed by atoms with Crippen molar-refractivity contribution in [2.24, 2.45) is 17.6 Å². The van der Waals surface area contributed by atoms with E-state index in [1.54, 1.807) is 0 Å². The van der Waals surface area contributed by atoms with Gasteiger partial charge in [-0.15, -0.1) is 0 Å². The van der Waals surface area contributed by atoms with E-state index in [1.807, 2.05) is 6.92 Å². The van der Waals surface area contributed by atoms with Gasteiger partial charge in [-0.3, -0.25) is 9.69 Å². The highest BCUT2D eigenvalue weighted by atomic mass is 16.2. The SMILES string of the molecule is CC(C)CCNC(=O)C(C)N1CCCC(C)C1CN. The molecule has 19 heavy (non-hydrogen) atoms. The summed E-state index contributed by atoms with van der Waals surface area (Å²) in [6.45, 7) is 11.0. The minimum atomic E-state index is -0.0662. The number of rotatable bonds is 6. The predicted molar refractivity (Wildman–Crippen MR) is 79.9 cm³/mol. The maximum Gasteiger partial charge on any atom is 0.237 e. The third-order valence-corrected chi connectivity index (χ3v) is 4.30. The molecule has 112 valence electrons. The minimum Gasteiger partial charge on any atom is -0.355 e. The maximum absolute atomic E-state index is 12.2. The molecule has 1 amide bonds. The fourth-order valence-corrected chi connectivity index (χ4v) is 2.91. The minimum absolute atomic E-state index is 0.0662. The molecule has 0 saturated carbocycles. The molecule has 1 heterocycles. The van der Waals surface area contributed by atoms with Gasteiger partial charge in [0, 0.05) is 19.1 Å². The van der Waals surface area contributed by atoms with Crippen molar-refractivity contribution in [1.29, 1.82) is 0 Å². The van der Waals surface area contributed by atoms with Crippen LogP contribution in [0.5, 0.6) is 0 Å². The summed E-state index contributed by atoms with van der Waals surface area (Å²) < 4.78 is 0. The Morgan fingerprint density at radius 2 is 2.11 bits per heavy atom. The fourth-order valence-electron chi connectivity index (χ4n) is 2.91. The Hall–Kier alpha value is -0.610. The van der Waals surface area contributed by atoms with Crippen molar-refractivity contribution >= 4 is 5.91 Å². The Kier molecular flexibility index (Phi) is 6.80. The van der Waals surface area contributed by atoms with E-state index in [0.717, 1.165) is 19.5 Å². The van der Waals surface area contributed by atoms with E-state index in [2.05, 4.69) is 31.0 Å². The third kappa shape index (κ3) is 4.77. The molecule has 0 aromatic rings. The highest BCUT2D eigenvalue weighted by Crippen LogP contribution is 2.24. The molecule has 0 spiro atoms. The van der Waals surface area contributed by atoms with Gasteiger partial charge in [0.1, 0.15) is 0 Å². The molecule has 3 N–H and O–H groups in total. The Morgan fingerprint density at radius 3 is 2.68 bits per heavy atom. The summed E-state index contributed by atoms with van der Waals surface area (Å²) in [6.07, 6.45) is 3.43. The van der Waals surface area contributed by atoms with Crippen LogP contribution in [0.3, 0.4) is 0 Å². The van der Waals surface area contributed by atoms with Gasteiger partial charge >= 0.3 is 0 Å². The van der Waals surface area contributed by atoms with E-state index in [9.17, 15) is 4.79 Å². The zero-order valence-electron chi connectivity index (χ0n) is 13.0. The second kappa shape index (κ2) is 7.85. The number of piperidine rings is 1. The number of carbonyl (C=O) groups excluding carboxylic acids is 1. The van der Waals surface area contributed by atoms with Gasteiger partial charge in [-0.1, -0.05) is 20.8 Å². The zero-order valence-corrected chi connectivity index (χ0v) is 13.0. The van der Waals surface area contributed by atoms with Crippen LogP contribution < -0.4 is 11.1 Å². The van der Waals surface area contributed by atoms with Gasteiger partial charge in [0.2, 0.25) is 5.91 Å². The van der Waals surface area contributed by atoms with Crippen molar-refractivity contribution in [3.05, 3.63) is 0 Å². The average Bonchev–Trinajstić information content (AvgIpc) is 2.37. The molecule has 0 bridgehead atoms. The van der Waals surface area contributed by atoms with Crippen LogP contribution in [0.15, 0.2) is 0 Å². The molecule has 1 aliphatic heterocycles. The van der Waals surface area contributed by atoms with Crippen LogP contribution in [0, 0.1) is 11.8 Å². The lowest BCUT2D eigenvalue weighted by Gasteiger charge is -2.42. The topological polar surface area (TPSA) is 58.4 Å². The number of likely N-dealkylation sites (tertiary alicyclic amines) is 1. The van der Waals surface area contributed by atoms with Crippen LogP contribution in [0.1, 0.15) is 47.0 Å². The molecular formula is C15H31N3O. The average molecular weight is 269 g/mol. The van der Waals surface area contributed by atoms with Gasteiger partial charge in [-0.25, -0.2) is 0 Å². The number of hydrogen-bond acceptors (Lipinski definition) is 3. The molecular weight excluding hydrogens is 238 g/mol. The molecule has 1 rings (SSSR count). The third-order valence-electron chi connectivity index (χ3n) is 4.30. The first-order valence-electron chi connectivity index (χ1n) is 7.70.